The number of carbonyl (C=O) groups excluding carboxylic acids is 1. The average Bonchev–Trinajstić information content (AvgIpc) is 2.61. The van der Waals surface area contributed by atoms with E-state index in [0.29, 0.717) is 28.4 Å². The van der Waals surface area contributed by atoms with E-state index in [1.165, 1.54) is 18.3 Å². The standard InChI is InChI=1S/C19H14ClFN2O/c20-16-7-4-13(5-8-16)11-23-19(24)15-6-9-18(22-12-15)14-2-1-3-17(21)10-14/h1-10,12H,11H2,(H,23,24). The van der Waals surface area contributed by atoms with E-state index in [2.05, 4.69) is 10.3 Å². The molecule has 0 spiro atoms. The zero-order chi connectivity index (χ0) is 16.9. The Kier molecular flexibility index (Phi) is 4.87. The number of rotatable bonds is 4. The Hall–Kier alpha value is -2.72. The number of nitrogens with zero attached hydrogens (tertiary/aromatic N) is 1. The Morgan fingerprint density at radius 2 is 1.88 bits per heavy atom. The van der Waals surface area contributed by atoms with E-state index in [4.69, 9.17) is 11.6 Å². The number of halogens is 2. The molecule has 0 saturated heterocycles. The zero-order valence-corrected chi connectivity index (χ0v) is 13.4. The molecule has 24 heavy (non-hydrogen) atoms. The molecule has 3 nitrogen and oxygen atoms in total. The van der Waals surface area contributed by atoms with Crippen molar-refractivity contribution in [1.29, 1.82) is 0 Å². The van der Waals surface area contributed by atoms with Gasteiger partial charge in [0.2, 0.25) is 0 Å². The summed E-state index contributed by atoms with van der Waals surface area (Å²) >= 11 is 5.83. The van der Waals surface area contributed by atoms with Crippen molar-refractivity contribution in [3.05, 3.63) is 88.8 Å². The number of pyridine rings is 1. The van der Waals surface area contributed by atoms with Crippen molar-refractivity contribution >= 4 is 17.5 Å². The third kappa shape index (κ3) is 3.97. The predicted octanol–water partition coefficient (Wildman–Crippen LogP) is 4.47. The maximum atomic E-state index is 13.2. The topological polar surface area (TPSA) is 42.0 Å². The van der Waals surface area contributed by atoms with Crippen molar-refractivity contribution < 1.29 is 9.18 Å². The Labute approximate surface area is 144 Å². The maximum Gasteiger partial charge on any atom is 0.253 e. The van der Waals surface area contributed by atoms with Gasteiger partial charge in [-0.3, -0.25) is 9.78 Å². The van der Waals surface area contributed by atoms with Crippen LogP contribution in [0.2, 0.25) is 5.02 Å². The first kappa shape index (κ1) is 16.1. The molecule has 1 heterocycles. The molecular weight excluding hydrogens is 327 g/mol. The van der Waals surface area contributed by atoms with Crippen LogP contribution in [0.25, 0.3) is 11.3 Å². The fourth-order valence-electron chi connectivity index (χ4n) is 2.23. The van der Waals surface area contributed by atoms with Gasteiger partial charge in [-0.05, 0) is 42.0 Å². The van der Waals surface area contributed by atoms with E-state index in [1.54, 1.807) is 36.4 Å². The number of amides is 1. The number of benzene rings is 2. The second-order valence-corrected chi connectivity index (χ2v) is 5.69. The highest BCUT2D eigenvalue weighted by molar-refractivity contribution is 6.30. The molecule has 120 valence electrons. The van der Waals surface area contributed by atoms with Gasteiger partial charge >= 0.3 is 0 Å². The van der Waals surface area contributed by atoms with Crippen molar-refractivity contribution in [3.8, 4) is 11.3 Å². The van der Waals surface area contributed by atoms with Crippen LogP contribution in [0, 0.1) is 5.82 Å². The van der Waals surface area contributed by atoms with Crippen LogP contribution in [0.4, 0.5) is 4.39 Å². The van der Waals surface area contributed by atoms with E-state index < -0.39 is 0 Å². The number of carbonyl (C=O) groups is 1. The molecule has 0 fully saturated rings. The van der Waals surface area contributed by atoms with Crippen LogP contribution >= 0.6 is 11.6 Å². The lowest BCUT2D eigenvalue weighted by molar-refractivity contribution is 0.0950. The van der Waals surface area contributed by atoms with Crippen LogP contribution in [-0.2, 0) is 6.54 Å². The van der Waals surface area contributed by atoms with Gasteiger partial charge in [0, 0.05) is 23.3 Å². The van der Waals surface area contributed by atoms with Crippen LogP contribution in [0.1, 0.15) is 15.9 Å². The number of hydrogen-bond acceptors (Lipinski definition) is 2. The molecule has 5 heteroatoms. The van der Waals surface area contributed by atoms with E-state index >= 15 is 0 Å². The van der Waals surface area contributed by atoms with Crippen LogP contribution in [0.3, 0.4) is 0 Å². The maximum absolute atomic E-state index is 13.2. The molecule has 0 aliphatic carbocycles. The van der Waals surface area contributed by atoms with E-state index in [1.807, 2.05) is 12.1 Å². The molecule has 0 atom stereocenters. The summed E-state index contributed by atoms with van der Waals surface area (Å²) in [6.45, 7) is 0.404. The number of nitrogens with one attached hydrogen (secondary N) is 1. The molecular formula is C19H14ClFN2O. The minimum Gasteiger partial charge on any atom is -0.348 e. The minimum atomic E-state index is -0.320. The van der Waals surface area contributed by atoms with E-state index in [0.717, 1.165) is 5.56 Å². The summed E-state index contributed by atoms with van der Waals surface area (Å²) in [6, 6.07) is 16.8. The first-order valence-corrected chi connectivity index (χ1v) is 7.74. The molecule has 1 amide bonds. The normalized spacial score (nSPS) is 10.4. The lowest BCUT2D eigenvalue weighted by atomic mass is 10.1. The molecule has 3 rings (SSSR count). The third-order valence-electron chi connectivity index (χ3n) is 3.51. The monoisotopic (exact) mass is 340 g/mol. The minimum absolute atomic E-state index is 0.219. The molecule has 0 aliphatic rings. The molecule has 1 N–H and O–H groups in total. The van der Waals surface area contributed by atoms with Crippen molar-refractivity contribution in [2.75, 3.05) is 0 Å². The van der Waals surface area contributed by atoms with E-state index in [9.17, 15) is 9.18 Å². The van der Waals surface area contributed by atoms with Gasteiger partial charge in [0.15, 0.2) is 0 Å². The summed E-state index contributed by atoms with van der Waals surface area (Å²) < 4.78 is 13.2. The average molecular weight is 341 g/mol. The Bertz CT molecular complexity index is 848. The highest BCUT2D eigenvalue weighted by atomic mass is 35.5. The van der Waals surface area contributed by atoms with Gasteiger partial charge in [0.05, 0.1) is 11.3 Å². The van der Waals surface area contributed by atoms with Crippen molar-refractivity contribution in [3.63, 3.8) is 0 Å². The highest BCUT2D eigenvalue weighted by Gasteiger charge is 2.07. The molecule has 0 bridgehead atoms. The van der Waals surface area contributed by atoms with Crippen LogP contribution < -0.4 is 5.32 Å². The molecule has 0 aliphatic heterocycles. The highest BCUT2D eigenvalue weighted by Crippen LogP contribution is 2.18. The van der Waals surface area contributed by atoms with Gasteiger partial charge in [-0.2, -0.15) is 0 Å². The fourth-order valence-corrected chi connectivity index (χ4v) is 2.36. The van der Waals surface area contributed by atoms with Gasteiger partial charge in [-0.1, -0.05) is 35.9 Å². The SMILES string of the molecule is O=C(NCc1ccc(Cl)cc1)c1ccc(-c2cccc(F)c2)nc1. The van der Waals surface area contributed by atoms with Gasteiger partial charge in [-0.15, -0.1) is 0 Å². The summed E-state index contributed by atoms with van der Waals surface area (Å²) in [5.74, 6) is -0.540. The fraction of sp³-hybridized carbons (Fsp3) is 0.0526. The zero-order valence-electron chi connectivity index (χ0n) is 12.7. The summed E-state index contributed by atoms with van der Waals surface area (Å²) in [5, 5.41) is 3.48. The summed E-state index contributed by atoms with van der Waals surface area (Å²) in [5.41, 5.74) is 2.69. The van der Waals surface area contributed by atoms with Gasteiger partial charge < -0.3 is 5.32 Å². The van der Waals surface area contributed by atoms with Crippen molar-refractivity contribution in [2.45, 2.75) is 6.54 Å². The number of hydrogen-bond donors (Lipinski definition) is 1. The quantitative estimate of drug-likeness (QED) is 0.761. The Morgan fingerprint density at radius 1 is 1.08 bits per heavy atom. The van der Waals surface area contributed by atoms with Crippen LogP contribution in [0.5, 0.6) is 0 Å². The largest absolute Gasteiger partial charge is 0.348 e. The summed E-state index contributed by atoms with van der Waals surface area (Å²) in [6.07, 6.45) is 1.48. The number of aromatic nitrogens is 1. The first-order chi connectivity index (χ1) is 11.6. The van der Waals surface area contributed by atoms with Gasteiger partial charge in [0.25, 0.3) is 5.91 Å². The van der Waals surface area contributed by atoms with Crippen LogP contribution in [-0.4, -0.2) is 10.9 Å². The Morgan fingerprint density at radius 3 is 2.54 bits per heavy atom. The predicted molar refractivity (Wildman–Crippen MR) is 92.3 cm³/mol. The van der Waals surface area contributed by atoms with Gasteiger partial charge in [0.1, 0.15) is 5.82 Å². The Balaban J connectivity index is 1.66. The summed E-state index contributed by atoms with van der Waals surface area (Å²) in [4.78, 5) is 16.4. The second kappa shape index (κ2) is 7.23. The lowest BCUT2D eigenvalue weighted by Gasteiger charge is -2.06. The van der Waals surface area contributed by atoms with Crippen molar-refractivity contribution in [1.82, 2.24) is 10.3 Å². The first-order valence-electron chi connectivity index (χ1n) is 7.36. The molecule has 0 unspecified atom stereocenters. The van der Waals surface area contributed by atoms with Crippen molar-refractivity contribution in [2.24, 2.45) is 0 Å². The lowest BCUT2D eigenvalue weighted by Crippen LogP contribution is -2.22. The van der Waals surface area contributed by atoms with Gasteiger partial charge in [-0.25, -0.2) is 4.39 Å². The molecule has 0 radical (unpaired) electrons. The third-order valence-corrected chi connectivity index (χ3v) is 3.76. The molecule has 1 aromatic heterocycles. The molecule has 2 aromatic carbocycles. The van der Waals surface area contributed by atoms with E-state index in [-0.39, 0.29) is 11.7 Å². The molecule has 3 aromatic rings. The summed E-state index contributed by atoms with van der Waals surface area (Å²) in [7, 11) is 0. The molecule has 0 saturated carbocycles. The smallest absolute Gasteiger partial charge is 0.253 e. The second-order valence-electron chi connectivity index (χ2n) is 5.25. The van der Waals surface area contributed by atoms with Crippen LogP contribution in [0.15, 0.2) is 66.9 Å².